The number of amides is 4. The number of aliphatic carboxylic acids is 1. The van der Waals surface area contributed by atoms with Crippen molar-refractivity contribution >= 4 is 35.6 Å². The molecule has 0 aromatic rings. The van der Waals surface area contributed by atoms with Gasteiger partial charge in [0.2, 0.25) is 23.6 Å². The molecule has 0 fully saturated rings. The number of nitrogens with zero attached hydrogens (tertiary/aromatic N) is 1. The second-order valence-electron chi connectivity index (χ2n) is 9.13. The Morgan fingerprint density at radius 1 is 0.872 bits per heavy atom. The van der Waals surface area contributed by atoms with E-state index in [0.29, 0.717) is 32.2 Å². The number of aliphatic hydroxyl groups excluding tert-OH is 1. The highest BCUT2D eigenvalue weighted by atomic mass is 16.4. The molecule has 0 spiro atoms. The zero-order valence-electron chi connectivity index (χ0n) is 22.7. The number of unbranched alkanes of at least 4 members (excludes halogenated alkanes) is 1. The number of carboxylic acid groups (broad SMARTS) is 1. The summed E-state index contributed by atoms with van der Waals surface area (Å²) in [6.45, 7) is 2.81. The van der Waals surface area contributed by atoms with Crippen molar-refractivity contribution in [2.75, 3.05) is 26.2 Å². The molecular weight excluding hydrogens is 514 g/mol. The minimum absolute atomic E-state index is 0.0940. The molecule has 0 aromatic carbocycles. The smallest absolute Gasteiger partial charge is 0.322 e. The van der Waals surface area contributed by atoms with Crippen LogP contribution in [-0.2, 0) is 24.0 Å². The first-order valence-corrected chi connectivity index (χ1v) is 12.9. The first-order valence-electron chi connectivity index (χ1n) is 12.9. The first kappa shape index (κ1) is 35.5. The molecule has 0 aliphatic rings. The number of nitrogens with one attached hydrogen (secondary N) is 4. The fraction of sp³-hybridized carbons (Fsp3) is 0.739. The molecule has 16 heteroatoms. The Kier molecular flexibility index (Phi) is 17.8. The highest BCUT2D eigenvalue weighted by Crippen LogP contribution is 2.10. The summed E-state index contributed by atoms with van der Waals surface area (Å²) < 4.78 is 0. The Balaban J connectivity index is 5.77. The predicted molar refractivity (Wildman–Crippen MR) is 144 cm³/mol. The molecule has 0 bridgehead atoms. The number of hydrogen-bond acceptors (Lipinski definition) is 9. The van der Waals surface area contributed by atoms with Crippen molar-refractivity contribution in [3.05, 3.63) is 0 Å². The van der Waals surface area contributed by atoms with Gasteiger partial charge in [-0.3, -0.25) is 29.0 Å². The number of guanidine groups is 1. The SMILES string of the molecule is CC[C@H](C)[C@H](NC(=O)[C@H](CCCCN)NC(=O)[C@H](CCCN=C(N)N)NC(=O)[C@@H](N)CO)C(=O)NCC(=O)O. The van der Waals surface area contributed by atoms with Gasteiger partial charge >= 0.3 is 5.97 Å². The molecule has 224 valence electrons. The van der Waals surface area contributed by atoms with Crippen molar-refractivity contribution < 1.29 is 34.2 Å². The van der Waals surface area contributed by atoms with Gasteiger partial charge in [-0.25, -0.2) is 0 Å². The number of aliphatic imine (C=N–C) groups is 1. The van der Waals surface area contributed by atoms with Gasteiger partial charge in [-0.05, 0) is 44.6 Å². The number of carboxylic acids is 1. The molecule has 0 unspecified atom stereocenters. The highest BCUT2D eigenvalue weighted by molar-refractivity contribution is 5.95. The van der Waals surface area contributed by atoms with Crippen LogP contribution in [0.2, 0.25) is 0 Å². The topological polar surface area (TPSA) is 290 Å². The molecule has 14 N–H and O–H groups in total. The minimum atomic E-state index is -1.26. The summed E-state index contributed by atoms with van der Waals surface area (Å²) in [7, 11) is 0. The average Bonchev–Trinajstić information content (AvgIpc) is 2.89. The third-order valence-corrected chi connectivity index (χ3v) is 5.90. The van der Waals surface area contributed by atoms with Crippen LogP contribution in [0.4, 0.5) is 0 Å². The number of carbonyl (C=O) groups is 5. The molecule has 0 aromatic heterocycles. The summed E-state index contributed by atoms with van der Waals surface area (Å²) >= 11 is 0. The third-order valence-electron chi connectivity index (χ3n) is 5.90. The summed E-state index contributed by atoms with van der Waals surface area (Å²) in [5, 5.41) is 28.0. The molecule has 39 heavy (non-hydrogen) atoms. The van der Waals surface area contributed by atoms with E-state index in [2.05, 4.69) is 26.3 Å². The van der Waals surface area contributed by atoms with Gasteiger partial charge < -0.3 is 54.4 Å². The lowest BCUT2D eigenvalue weighted by Crippen LogP contribution is -2.59. The van der Waals surface area contributed by atoms with E-state index >= 15 is 0 Å². The van der Waals surface area contributed by atoms with Gasteiger partial charge in [0.15, 0.2) is 5.96 Å². The molecule has 0 aliphatic carbocycles. The van der Waals surface area contributed by atoms with Crippen LogP contribution in [-0.4, -0.2) is 96.2 Å². The van der Waals surface area contributed by atoms with Crippen LogP contribution >= 0.6 is 0 Å². The molecular formula is C23H45N9O7. The van der Waals surface area contributed by atoms with Gasteiger partial charge in [0, 0.05) is 6.54 Å². The first-order chi connectivity index (χ1) is 18.4. The molecule has 0 saturated carbocycles. The summed E-state index contributed by atoms with van der Waals surface area (Å²) in [5.74, 6) is -4.51. The van der Waals surface area contributed by atoms with Crippen LogP contribution in [0, 0.1) is 5.92 Å². The Labute approximate surface area is 228 Å². The van der Waals surface area contributed by atoms with Crippen LogP contribution < -0.4 is 44.2 Å². The Bertz CT molecular complexity index is 837. The Morgan fingerprint density at radius 3 is 1.95 bits per heavy atom. The van der Waals surface area contributed by atoms with Gasteiger partial charge in [-0.2, -0.15) is 0 Å². The standard InChI is InChI=1S/C23H45N9O7/c1-3-13(2)18(22(39)29-11-17(34)35)32-21(38)15(7-4-5-9-24)31-20(37)16(8-6-10-28-23(26)27)30-19(36)14(25)12-33/h13-16,18,33H,3-12,24-25H2,1-2H3,(H,29,39)(H,30,36)(H,31,37)(H,32,38)(H,34,35)(H4,26,27,28)/t13-,14-,15-,16-,18-/m0/s1. The van der Waals surface area contributed by atoms with E-state index in [-0.39, 0.29) is 31.3 Å². The Morgan fingerprint density at radius 2 is 1.44 bits per heavy atom. The van der Waals surface area contributed by atoms with E-state index in [1.54, 1.807) is 6.92 Å². The van der Waals surface area contributed by atoms with Crippen molar-refractivity contribution in [2.24, 2.45) is 33.8 Å². The summed E-state index contributed by atoms with van der Waals surface area (Å²) in [5.41, 5.74) is 21.8. The third kappa shape index (κ3) is 14.9. The summed E-state index contributed by atoms with van der Waals surface area (Å²) in [6, 6.07) is -4.53. The number of nitrogens with two attached hydrogens (primary N) is 4. The monoisotopic (exact) mass is 559 g/mol. The zero-order valence-corrected chi connectivity index (χ0v) is 22.7. The zero-order chi connectivity index (χ0) is 30.0. The lowest BCUT2D eigenvalue weighted by atomic mass is 9.97. The number of aliphatic hydroxyl groups is 1. The second kappa shape index (κ2) is 19.6. The predicted octanol–water partition coefficient (Wildman–Crippen LogP) is -3.81. The van der Waals surface area contributed by atoms with Crippen LogP contribution in [0.5, 0.6) is 0 Å². The molecule has 16 nitrogen and oxygen atoms in total. The van der Waals surface area contributed by atoms with Gasteiger partial charge in [0.05, 0.1) is 6.61 Å². The number of rotatable bonds is 20. The van der Waals surface area contributed by atoms with E-state index in [0.717, 1.165) is 0 Å². The summed E-state index contributed by atoms with van der Waals surface area (Å²) in [6.07, 6.45) is 2.13. The van der Waals surface area contributed by atoms with Gasteiger partial charge in [-0.1, -0.05) is 20.3 Å². The maximum Gasteiger partial charge on any atom is 0.322 e. The lowest BCUT2D eigenvalue weighted by molar-refractivity contribution is -0.139. The maximum absolute atomic E-state index is 13.2. The lowest BCUT2D eigenvalue weighted by Gasteiger charge is -2.27. The molecule has 4 amide bonds. The number of carbonyl (C=O) groups excluding carboxylic acids is 4. The van der Waals surface area contributed by atoms with E-state index < -0.39 is 66.9 Å². The van der Waals surface area contributed by atoms with Crippen LogP contribution in [0.25, 0.3) is 0 Å². The highest BCUT2D eigenvalue weighted by Gasteiger charge is 2.32. The van der Waals surface area contributed by atoms with Crippen molar-refractivity contribution in [3.8, 4) is 0 Å². The van der Waals surface area contributed by atoms with Gasteiger partial charge in [-0.15, -0.1) is 0 Å². The van der Waals surface area contributed by atoms with Gasteiger partial charge in [0.1, 0.15) is 30.7 Å². The molecule has 5 atom stereocenters. The maximum atomic E-state index is 13.2. The van der Waals surface area contributed by atoms with Crippen molar-refractivity contribution in [1.29, 1.82) is 0 Å². The molecule has 0 heterocycles. The average molecular weight is 560 g/mol. The van der Waals surface area contributed by atoms with Crippen molar-refractivity contribution in [3.63, 3.8) is 0 Å². The van der Waals surface area contributed by atoms with Gasteiger partial charge in [0.25, 0.3) is 0 Å². The van der Waals surface area contributed by atoms with E-state index in [9.17, 15) is 29.1 Å². The normalized spacial score (nSPS) is 14.6. The van der Waals surface area contributed by atoms with Crippen molar-refractivity contribution in [1.82, 2.24) is 21.3 Å². The van der Waals surface area contributed by atoms with Crippen LogP contribution in [0.15, 0.2) is 4.99 Å². The number of hydrogen-bond donors (Lipinski definition) is 10. The van der Waals surface area contributed by atoms with E-state index in [1.807, 2.05) is 6.92 Å². The molecule has 0 rings (SSSR count). The van der Waals surface area contributed by atoms with E-state index in [4.69, 9.17) is 28.0 Å². The second-order valence-corrected chi connectivity index (χ2v) is 9.13. The van der Waals surface area contributed by atoms with Crippen LogP contribution in [0.1, 0.15) is 52.4 Å². The quantitative estimate of drug-likeness (QED) is 0.0391. The fourth-order valence-electron chi connectivity index (χ4n) is 3.40. The van der Waals surface area contributed by atoms with E-state index in [1.165, 1.54) is 0 Å². The molecule has 0 saturated heterocycles. The van der Waals surface area contributed by atoms with Crippen molar-refractivity contribution in [2.45, 2.75) is 76.5 Å². The summed E-state index contributed by atoms with van der Waals surface area (Å²) in [4.78, 5) is 66.0. The van der Waals surface area contributed by atoms with Crippen LogP contribution in [0.3, 0.4) is 0 Å². The Hall–Kier alpha value is -3.50. The molecule has 0 aliphatic heterocycles. The minimum Gasteiger partial charge on any atom is -0.480 e. The molecule has 0 radical (unpaired) electrons. The largest absolute Gasteiger partial charge is 0.480 e. The fourth-order valence-corrected chi connectivity index (χ4v) is 3.40.